The average molecular weight is 428 g/mol. The van der Waals surface area contributed by atoms with Crippen LogP contribution in [-0.4, -0.2) is 31.5 Å². The van der Waals surface area contributed by atoms with Crippen molar-refractivity contribution in [3.8, 4) is 5.75 Å². The molecule has 158 valence electrons. The molecule has 0 unspecified atom stereocenters. The van der Waals surface area contributed by atoms with Gasteiger partial charge in [-0.2, -0.15) is 0 Å². The van der Waals surface area contributed by atoms with Crippen LogP contribution in [0.25, 0.3) is 6.08 Å². The molecule has 3 rings (SSSR count). The molecular formula is C23H26ClN3O3. The summed E-state index contributed by atoms with van der Waals surface area (Å²) in [6, 6.07) is 12.6. The van der Waals surface area contributed by atoms with E-state index in [0.29, 0.717) is 28.6 Å². The molecule has 0 aromatic heterocycles. The Hall–Kier alpha value is -2.99. The topological polar surface area (TPSA) is 61.9 Å². The zero-order chi connectivity index (χ0) is 21.7. The SMILES string of the molecule is CCCOc1cc(N(CC)CC)ccc1/C=C1/C(=O)NN(c2cccc(Cl)c2)C1=O. The van der Waals surface area contributed by atoms with E-state index in [0.717, 1.165) is 25.2 Å². The highest BCUT2D eigenvalue weighted by atomic mass is 35.5. The Balaban J connectivity index is 1.96. The summed E-state index contributed by atoms with van der Waals surface area (Å²) in [4.78, 5) is 27.6. The highest BCUT2D eigenvalue weighted by Gasteiger charge is 2.34. The fourth-order valence-electron chi connectivity index (χ4n) is 3.27. The average Bonchev–Trinajstić information content (AvgIpc) is 3.02. The number of carbonyl (C=O) groups excluding carboxylic acids is 2. The monoisotopic (exact) mass is 427 g/mol. The summed E-state index contributed by atoms with van der Waals surface area (Å²) in [5, 5.41) is 1.69. The summed E-state index contributed by atoms with van der Waals surface area (Å²) in [5.41, 5.74) is 4.87. The number of hydrogen-bond acceptors (Lipinski definition) is 4. The van der Waals surface area contributed by atoms with Crippen LogP contribution in [0.3, 0.4) is 0 Å². The van der Waals surface area contributed by atoms with Crippen molar-refractivity contribution in [1.29, 1.82) is 0 Å². The summed E-state index contributed by atoms with van der Waals surface area (Å²) in [6.07, 6.45) is 2.44. The number of amides is 2. The van der Waals surface area contributed by atoms with E-state index in [4.69, 9.17) is 16.3 Å². The molecule has 0 radical (unpaired) electrons. The minimum absolute atomic E-state index is 0.0481. The van der Waals surface area contributed by atoms with Crippen molar-refractivity contribution in [2.24, 2.45) is 0 Å². The minimum Gasteiger partial charge on any atom is -0.493 e. The first-order valence-corrected chi connectivity index (χ1v) is 10.5. The molecule has 2 amide bonds. The quantitative estimate of drug-likeness (QED) is 0.500. The number of anilines is 2. The third-order valence-electron chi connectivity index (χ3n) is 4.85. The second-order valence-corrected chi connectivity index (χ2v) is 7.30. The molecule has 2 aromatic rings. The predicted molar refractivity (Wildman–Crippen MR) is 121 cm³/mol. The van der Waals surface area contributed by atoms with Gasteiger partial charge in [0.1, 0.15) is 11.3 Å². The molecule has 1 aliphatic rings. The third kappa shape index (κ3) is 4.60. The van der Waals surface area contributed by atoms with Crippen LogP contribution in [0.4, 0.5) is 11.4 Å². The molecule has 0 bridgehead atoms. The van der Waals surface area contributed by atoms with E-state index in [-0.39, 0.29) is 5.57 Å². The fraction of sp³-hybridized carbons (Fsp3) is 0.304. The summed E-state index contributed by atoms with van der Waals surface area (Å²) < 4.78 is 5.93. The van der Waals surface area contributed by atoms with E-state index in [1.165, 1.54) is 5.01 Å². The Morgan fingerprint density at radius 1 is 1.10 bits per heavy atom. The van der Waals surface area contributed by atoms with Gasteiger partial charge in [0.25, 0.3) is 11.8 Å². The van der Waals surface area contributed by atoms with Crippen molar-refractivity contribution in [3.05, 3.63) is 58.6 Å². The first kappa shape index (κ1) is 21.7. The lowest BCUT2D eigenvalue weighted by Gasteiger charge is -2.22. The van der Waals surface area contributed by atoms with Gasteiger partial charge in [0, 0.05) is 35.4 Å². The van der Waals surface area contributed by atoms with Gasteiger partial charge < -0.3 is 9.64 Å². The predicted octanol–water partition coefficient (Wildman–Crippen LogP) is 4.44. The van der Waals surface area contributed by atoms with Gasteiger partial charge in [-0.05, 0) is 56.7 Å². The Morgan fingerprint density at radius 2 is 1.87 bits per heavy atom. The highest BCUT2D eigenvalue weighted by molar-refractivity contribution is 6.33. The smallest absolute Gasteiger partial charge is 0.282 e. The molecule has 1 fully saturated rings. The summed E-state index contributed by atoms with van der Waals surface area (Å²) in [5.74, 6) is -0.249. The molecule has 0 atom stereocenters. The summed E-state index contributed by atoms with van der Waals surface area (Å²) in [6.45, 7) is 8.52. The molecule has 1 heterocycles. The van der Waals surface area contributed by atoms with Crippen LogP contribution >= 0.6 is 11.6 Å². The number of rotatable bonds is 8. The number of nitrogens with zero attached hydrogens (tertiary/aromatic N) is 2. The highest BCUT2D eigenvalue weighted by Crippen LogP contribution is 2.30. The molecule has 2 aromatic carbocycles. The van der Waals surface area contributed by atoms with Crippen LogP contribution in [0.5, 0.6) is 5.75 Å². The molecule has 0 aliphatic carbocycles. The standard InChI is InChI=1S/C23H26ClN3O3/c1-4-12-30-21-15-18(26(5-2)6-3)11-10-16(21)13-20-22(28)25-27(23(20)29)19-9-7-8-17(24)14-19/h7-11,13-15H,4-6,12H2,1-3H3,(H,25,28)/b20-13-. The second kappa shape index (κ2) is 9.67. The van der Waals surface area contributed by atoms with Crippen LogP contribution in [0, 0.1) is 0 Å². The van der Waals surface area contributed by atoms with Crippen molar-refractivity contribution in [3.63, 3.8) is 0 Å². The van der Waals surface area contributed by atoms with Crippen LogP contribution < -0.4 is 20.1 Å². The van der Waals surface area contributed by atoms with Crippen LogP contribution in [-0.2, 0) is 9.59 Å². The molecule has 1 N–H and O–H groups in total. The number of carbonyl (C=O) groups is 2. The van der Waals surface area contributed by atoms with Crippen molar-refractivity contribution in [2.75, 3.05) is 29.6 Å². The Kier molecular flexibility index (Phi) is 7.00. The van der Waals surface area contributed by atoms with Crippen molar-refractivity contribution < 1.29 is 14.3 Å². The molecule has 30 heavy (non-hydrogen) atoms. The molecule has 1 saturated heterocycles. The van der Waals surface area contributed by atoms with Gasteiger partial charge in [-0.3, -0.25) is 15.0 Å². The second-order valence-electron chi connectivity index (χ2n) is 6.86. The minimum atomic E-state index is -0.464. The number of nitrogens with one attached hydrogen (secondary N) is 1. The van der Waals surface area contributed by atoms with E-state index in [1.54, 1.807) is 30.3 Å². The van der Waals surface area contributed by atoms with Crippen LogP contribution in [0.2, 0.25) is 5.02 Å². The zero-order valence-electron chi connectivity index (χ0n) is 17.4. The maximum Gasteiger partial charge on any atom is 0.282 e. The van der Waals surface area contributed by atoms with Crippen LogP contribution in [0.15, 0.2) is 48.0 Å². The van der Waals surface area contributed by atoms with Gasteiger partial charge >= 0.3 is 0 Å². The molecule has 1 aliphatic heterocycles. The lowest BCUT2D eigenvalue weighted by atomic mass is 10.1. The Morgan fingerprint density at radius 3 is 2.53 bits per heavy atom. The molecule has 6 nitrogen and oxygen atoms in total. The summed E-state index contributed by atoms with van der Waals surface area (Å²) in [7, 11) is 0. The van der Waals surface area contributed by atoms with Gasteiger partial charge in [-0.1, -0.05) is 24.6 Å². The number of ether oxygens (including phenoxy) is 1. The molecule has 0 spiro atoms. The van der Waals surface area contributed by atoms with Gasteiger partial charge in [-0.25, -0.2) is 5.01 Å². The van der Waals surface area contributed by atoms with E-state index >= 15 is 0 Å². The lowest BCUT2D eigenvalue weighted by molar-refractivity contribution is -0.117. The summed E-state index contributed by atoms with van der Waals surface area (Å²) >= 11 is 6.02. The van der Waals surface area contributed by atoms with Crippen LogP contribution in [0.1, 0.15) is 32.8 Å². The van der Waals surface area contributed by atoms with Gasteiger partial charge in [-0.15, -0.1) is 0 Å². The Bertz CT molecular complexity index is 970. The number of halogens is 1. The normalized spacial score (nSPS) is 14.9. The van der Waals surface area contributed by atoms with E-state index < -0.39 is 11.8 Å². The number of benzene rings is 2. The largest absolute Gasteiger partial charge is 0.493 e. The van der Waals surface area contributed by atoms with E-state index in [1.807, 2.05) is 25.1 Å². The van der Waals surface area contributed by atoms with Crippen molar-refractivity contribution in [1.82, 2.24) is 5.43 Å². The zero-order valence-corrected chi connectivity index (χ0v) is 18.2. The maximum atomic E-state index is 12.9. The third-order valence-corrected chi connectivity index (χ3v) is 5.08. The van der Waals surface area contributed by atoms with Gasteiger partial charge in [0.15, 0.2) is 0 Å². The fourth-order valence-corrected chi connectivity index (χ4v) is 3.46. The molecular weight excluding hydrogens is 402 g/mol. The number of hydrazine groups is 1. The van der Waals surface area contributed by atoms with Gasteiger partial charge in [0.2, 0.25) is 0 Å². The molecule has 0 saturated carbocycles. The first-order chi connectivity index (χ1) is 14.5. The van der Waals surface area contributed by atoms with E-state index in [2.05, 4.69) is 24.2 Å². The first-order valence-electron chi connectivity index (χ1n) is 10.1. The lowest BCUT2D eigenvalue weighted by Crippen LogP contribution is -2.35. The van der Waals surface area contributed by atoms with Crippen molar-refractivity contribution in [2.45, 2.75) is 27.2 Å². The van der Waals surface area contributed by atoms with Crippen molar-refractivity contribution >= 4 is 40.9 Å². The van der Waals surface area contributed by atoms with E-state index in [9.17, 15) is 9.59 Å². The number of hydrogen-bond donors (Lipinski definition) is 1. The maximum absolute atomic E-state index is 12.9. The Labute approximate surface area is 182 Å². The molecule has 7 heteroatoms. The van der Waals surface area contributed by atoms with Gasteiger partial charge in [0.05, 0.1) is 12.3 Å².